The van der Waals surface area contributed by atoms with E-state index < -0.39 is 41.1 Å². The number of carbonyl (C=O) groups is 3. The van der Waals surface area contributed by atoms with E-state index in [2.05, 4.69) is 6.92 Å². The third-order valence-electron chi connectivity index (χ3n) is 7.47. The average Bonchev–Trinajstić information content (AvgIpc) is 3.07. The quantitative estimate of drug-likeness (QED) is 0.507. The maximum absolute atomic E-state index is 14.0. The van der Waals surface area contributed by atoms with Gasteiger partial charge in [-0.1, -0.05) is 37.6 Å². The minimum absolute atomic E-state index is 0.0109. The van der Waals surface area contributed by atoms with Gasteiger partial charge in [0.05, 0.1) is 30.8 Å². The fraction of sp³-hybridized carbons (Fsp3) is 0.708. The highest BCUT2D eigenvalue weighted by atomic mass is 16.6. The molecule has 4 aliphatic heterocycles. The molecular weight excluding hydrogens is 412 g/mol. The molecule has 8 heteroatoms. The number of nitrogens with zero attached hydrogens (tertiary/aromatic N) is 2. The lowest BCUT2D eigenvalue weighted by Crippen LogP contribution is -2.59. The van der Waals surface area contributed by atoms with Gasteiger partial charge in [0.15, 0.2) is 0 Å². The van der Waals surface area contributed by atoms with Crippen LogP contribution in [0.2, 0.25) is 0 Å². The maximum atomic E-state index is 14.0. The summed E-state index contributed by atoms with van der Waals surface area (Å²) in [5.41, 5.74) is -2.37. The normalized spacial score (nSPS) is 38.4. The summed E-state index contributed by atoms with van der Waals surface area (Å²) < 4.78 is 12.1. The molecule has 4 rings (SSSR count). The number of esters is 1. The van der Waals surface area contributed by atoms with E-state index in [4.69, 9.17) is 9.47 Å². The molecule has 2 unspecified atom stereocenters. The lowest BCUT2D eigenvalue weighted by Gasteiger charge is -2.40. The van der Waals surface area contributed by atoms with Crippen molar-refractivity contribution in [3.8, 4) is 0 Å². The first kappa shape index (κ1) is 23.0. The van der Waals surface area contributed by atoms with Gasteiger partial charge in [-0.05, 0) is 33.6 Å². The highest BCUT2D eigenvalue weighted by molar-refractivity contribution is 5.99. The number of amides is 2. The Kier molecular flexibility index (Phi) is 5.96. The number of likely N-dealkylation sites (tertiary alicyclic amines) is 1. The summed E-state index contributed by atoms with van der Waals surface area (Å²) in [7, 11) is 0. The first-order chi connectivity index (χ1) is 15.2. The average molecular weight is 447 g/mol. The van der Waals surface area contributed by atoms with Crippen LogP contribution in [0.5, 0.6) is 0 Å². The standard InChI is InChI=1S/C24H34N2O6/c1-5-9-15(2)25-12-8-11-24-17(20(28)26(16(3)14-27)19(24)21(25)29)18-22(30)31-13-7-6-10-23(18,4)32-24/h6,8,10-11,15-19,27H,5,7,9,12-14H2,1-4H3/t15?,16-,17+,18-,19?,23+,24+/m1/s1. The Morgan fingerprint density at radius 2 is 1.88 bits per heavy atom. The lowest BCUT2D eigenvalue weighted by molar-refractivity contribution is -0.162. The van der Waals surface area contributed by atoms with Gasteiger partial charge >= 0.3 is 5.97 Å². The molecular formula is C24H34N2O6. The van der Waals surface area contributed by atoms with Crippen molar-refractivity contribution < 1.29 is 29.0 Å². The third-order valence-corrected chi connectivity index (χ3v) is 7.47. The van der Waals surface area contributed by atoms with E-state index in [9.17, 15) is 19.5 Å². The molecule has 0 aromatic rings. The van der Waals surface area contributed by atoms with Crippen LogP contribution in [-0.2, 0) is 23.9 Å². The highest BCUT2D eigenvalue weighted by Gasteiger charge is 2.75. The summed E-state index contributed by atoms with van der Waals surface area (Å²) >= 11 is 0. The van der Waals surface area contributed by atoms with E-state index in [0.717, 1.165) is 12.8 Å². The number of fused-ring (bicyclic) bond motifs is 2. The maximum Gasteiger partial charge on any atom is 0.313 e. The van der Waals surface area contributed by atoms with Crippen LogP contribution in [0.15, 0.2) is 24.3 Å². The summed E-state index contributed by atoms with van der Waals surface area (Å²) in [6, 6.07) is -1.56. The van der Waals surface area contributed by atoms with Crippen molar-refractivity contribution in [1.29, 1.82) is 0 Å². The van der Waals surface area contributed by atoms with Crippen molar-refractivity contribution >= 4 is 17.8 Å². The third kappa shape index (κ3) is 3.22. The molecule has 0 aromatic heterocycles. The molecule has 2 fully saturated rings. The van der Waals surface area contributed by atoms with E-state index in [-0.39, 0.29) is 31.1 Å². The second-order valence-electron chi connectivity index (χ2n) is 9.66. The second-order valence-corrected chi connectivity index (χ2v) is 9.66. The zero-order chi connectivity index (χ0) is 23.3. The first-order valence-electron chi connectivity index (χ1n) is 11.7. The molecule has 4 aliphatic rings. The van der Waals surface area contributed by atoms with Crippen LogP contribution >= 0.6 is 0 Å². The van der Waals surface area contributed by atoms with Gasteiger partial charge in [-0.25, -0.2) is 0 Å². The van der Waals surface area contributed by atoms with Gasteiger partial charge in [-0.3, -0.25) is 14.4 Å². The van der Waals surface area contributed by atoms with Gasteiger partial charge in [0.25, 0.3) is 0 Å². The number of hydrogen-bond donors (Lipinski definition) is 1. The molecule has 8 nitrogen and oxygen atoms in total. The molecule has 0 aromatic carbocycles. The van der Waals surface area contributed by atoms with Crippen molar-refractivity contribution in [3.63, 3.8) is 0 Å². The predicted octanol–water partition coefficient (Wildman–Crippen LogP) is 1.43. The van der Waals surface area contributed by atoms with Gasteiger partial charge in [0.1, 0.15) is 17.6 Å². The highest BCUT2D eigenvalue weighted by Crippen LogP contribution is 2.57. The Balaban J connectivity index is 1.87. The predicted molar refractivity (Wildman–Crippen MR) is 116 cm³/mol. The number of aliphatic hydroxyl groups is 1. The van der Waals surface area contributed by atoms with Gasteiger partial charge in [-0.2, -0.15) is 0 Å². The molecule has 0 bridgehead atoms. The van der Waals surface area contributed by atoms with E-state index in [1.54, 1.807) is 18.7 Å². The zero-order valence-electron chi connectivity index (χ0n) is 19.3. The van der Waals surface area contributed by atoms with Crippen molar-refractivity contribution in [3.05, 3.63) is 24.3 Å². The topological polar surface area (TPSA) is 96.4 Å². The van der Waals surface area contributed by atoms with Crippen molar-refractivity contribution in [2.75, 3.05) is 19.8 Å². The largest absolute Gasteiger partial charge is 0.465 e. The van der Waals surface area contributed by atoms with Gasteiger partial charge < -0.3 is 24.4 Å². The molecule has 1 N–H and O–H groups in total. The fourth-order valence-electron chi connectivity index (χ4n) is 5.98. The number of hydrogen-bond acceptors (Lipinski definition) is 6. The van der Waals surface area contributed by atoms with Crippen molar-refractivity contribution in [2.45, 2.75) is 76.3 Å². The summed E-state index contributed by atoms with van der Waals surface area (Å²) in [5, 5.41) is 9.92. The SMILES string of the molecule is CCCC(C)N1CC=C[C@]23O[C@@]4(C)C=CCCOC(=O)[C@H]4[C@H]2C(=O)N([C@H](C)CO)C3C1=O. The first-order valence-corrected chi connectivity index (χ1v) is 11.7. The monoisotopic (exact) mass is 446 g/mol. The Morgan fingerprint density at radius 1 is 1.12 bits per heavy atom. The van der Waals surface area contributed by atoms with Crippen LogP contribution in [0.4, 0.5) is 0 Å². The fourth-order valence-corrected chi connectivity index (χ4v) is 5.98. The Morgan fingerprint density at radius 3 is 2.56 bits per heavy atom. The smallest absolute Gasteiger partial charge is 0.313 e. The van der Waals surface area contributed by atoms with Gasteiger partial charge in [-0.15, -0.1) is 0 Å². The molecule has 32 heavy (non-hydrogen) atoms. The van der Waals surface area contributed by atoms with Crippen LogP contribution in [0.3, 0.4) is 0 Å². The molecule has 0 aliphatic carbocycles. The minimum atomic E-state index is -1.30. The van der Waals surface area contributed by atoms with Gasteiger partial charge in [0, 0.05) is 12.6 Å². The number of carbonyl (C=O) groups excluding carboxylic acids is 3. The molecule has 7 atom stereocenters. The van der Waals surface area contributed by atoms with E-state index in [0.29, 0.717) is 13.0 Å². The molecule has 2 amide bonds. The van der Waals surface area contributed by atoms with Crippen molar-refractivity contribution in [2.24, 2.45) is 11.8 Å². The second kappa shape index (κ2) is 8.30. The van der Waals surface area contributed by atoms with E-state index >= 15 is 0 Å². The molecule has 1 spiro atoms. The Bertz CT molecular complexity index is 855. The van der Waals surface area contributed by atoms with Crippen LogP contribution in [0, 0.1) is 11.8 Å². The molecule has 0 radical (unpaired) electrons. The van der Waals surface area contributed by atoms with Gasteiger partial charge in [0.2, 0.25) is 11.8 Å². The Labute approximate surface area is 189 Å². The molecule has 0 saturated carbocycles. The number of rotatable bonds is 5. The molecule has 176 valence electrons. The van der Waals surface area contributed by atoms with E-state index in [1.807, 2.05) is 31.2 Å². The number of cyclic esters (lactones) is 1. The number of aliphatic hydroxyl groups excluding tert-OH is 1. The van der Waals surface area contributed by atoms with E-state index in [1.165, 1.54) is 4.90 Å². The van der Waals surface area contributed by atoms with Crippen LogP contribution < -0.4 is 0 Å². The summed E-state index contributed by atoms with van der Waals surface area (Å²) in [6.07, 6.45) is 9.78. The number of ether oxygens (including phenoxy) is 2. The molecule has 4 heterocycles. The summed E-state index contributed by atoms with van der Waals surface area (Å²) in [4.78, 5) is 44.2. The lowest BCUT2D eigenvalue weighted by atomic mass is 9.74. The minimum Gasteiger partial charge on any atom is -0.465 e. The van der Waals surface area contributed by atoms with Crippen LogP contribution in [0.25, 0.3) is 0 Å². The molecule has 2 saturated heterocycles. The van der Waals surface area contributed by atoms with Crippen LogP contribution in [0.1, 0.15) is 47.0 Å². The van der Waals surface area contributed by atoms with Crippen LogP contribution in [-0.4, -0.2) is 81.8 Å². The van der Waals surface area contributed by atoms with Crippen molar-refractivity contribution in [1.82, 2.24) is 9.80 Å². The summed E-state index contributed by atoms with van der Waals surface area (Å²) in [6.45, 7) is 7.94. The summed E-state index contributed by atoms with van der Waals surface area (Å²) in [5.74, 6) is -2.81. The Hall–Kier alpha value is -2.19. The zero-order valence-corrected chi connectivity index (χ0v) is 19.3.